The molecule has 6 N–H and O–H groups in total. The first-order valence-electron chi connectivity index (χ1n) is 10.5. The number of carbonyl (C=O) groups excluding carboxylic acids is 1. The largest absolute Gasteiger partial charge is 0.461 e. The van der Waals surface area contributed by atoms with E-state index in [2.05, 4.69) is 30.7 Å². The van der Waals surface area contributed by atoms with Gasteiger partial charge in [0.2, 0.25) is 17.7 Å². The third-order valence-corrected chi connectivity index (χ3v) is 5.10. The number of nitrogens with one attached hydrogen (secondary N) is 2. The van der Waals surface area contributed by atoms with Crippen molar-refractivity contribution in [3.05, 3.63) is 78.1 Å². The molecule has 0 saturated carbocycles. The minimum absolute atomic E-state index is 0.159. The molecule has 34 heavy (non-hydrogen) atoms. The summed E-state index contributed by atoms with van der Waals surface area (Å²) in [5.74, 6) is 1.50. The Morgan fingerprint density at radius 2 is 1.79 bits per heavy atom. The van der Waals surface area contributed by atoms with E-state index in [4.69, 9.17) is 15.9 Å². The van der Waals surface area contributed by atoms with Crippen molar-refractivity contribution < 1.29 is 9.21 Å². The molecule has 3 heterocycles. The molecule has 0 bridgehead atoms. The Hall–Kier alpha value is -4.93. The van der Waals surface area contributed by atoms with Gasteiger partial charge in [0.05, 0.1) is 17.6 Å². The van der Waals surface area contributed by atoms with Crippen LogP contribution in [0.25, 0.3) is 17.4 Å². The topological polar surface area (TPSA) is 162 Å². The van der Waals surface area contributed by atoms with Gasteiger partial charge in [-0.2, -0.15) is 19.5 Å². The van der Waals surface area contributed by atoms with Gasteiger partial charge in [-0.05, 0) is 48.4 Å². The van der Waals surface area contributed by atoms with Crippen LogP contribution in [-0.4, -0.2) is 37.0 Å². The molecule has 0 aliphatic heterocycles. The Balaban J connectivity index is 1.20. The molecule has 2 aromatic carbocycles. The van der Waals surface area contributed by atoms with Crippen molar-refractivity contribution in [2.75, 3.05) is 28.6 Å². The quantitative estimate of drug-likeness (QED) is 0.270. The molecule has 5 rings (SSSR count). The molecule has 1 amide bonds. The van der Waals surface area contributed by atoms with Gasteiger partial charge in [-0.3, -0.25) is 4.79 Å². The molecule has 0 fully saturated rings. The number of furan rings is 1. The van der Waals surface area contributed by atoms with Crippen molar-refractivity contribution in [2.45, 2.75) is 6.42 Å². The lowest BCUT2D eigenvalue weighted by Gasteiger charge is -2.09. The van der Waals surface area contributed by atoms with E-state index in [1.54, 1.807) is 42.7 Å². The van der Waals surface area contributed by atoms with Crippen LogP contribution in [0.3, 0.4) is 0 Å². The van der Waals surface area contributed by atoms with Crippen LogP contribution in [0, 0.1) is 0 Å². The number of aromatic nitrogens is 5. The SMILES string of the molecule is Nc1ccccc1NC(=O)c1ccc(CCNc2nc(N)n3nc(-c4ccco4)nc3n2)cc1. The highest BCUT2D eigenvalue weighted by molar-refractivity contribution is 6.05. The van der Waals surface area contributed by atoms with Crippen molar-refractivity contribution in [2.24, 2.45) is 0 Å². The summed E-state index contributed by atoms with van der Waals surface area (Å²) in [6.07, 6.45) is 2.23. The monoisotopic (exact) mass is 455 g/mol. The molecular formula is C23H21N9O2. The molecule has 11 nitrogen and oxygen atoms in total. The number of hydrogen-bond acceptors (Lipinski definition) is 9. The van der Waals surface area contributed by atoms with E-state index in [1.807, 2.05) is 24.3 Å². The zero-order valence-corrected chi connectivity index (χ0v) is 18.0. The highest BCUT2D eigenvalue weighted by atomic mass is 16.3. The molecule has 5 aromatic rings. The first kappa shape index (κ1) is 20.9. The number of fused-ring (bicyclic) bond motifs is 1. The second kappa shape index (κ2) is 8.90. The van der Waals surface area contributed by atoms with Gasteiger partial charge in [-0.1, -0.05) is 24.3 Å². The van der Waals surface area contributed by atoms with Crippen LogP contribution < -0.4 is 22.1 Å². The van der Waals surface area contributed by atoms with Crippen LogP contribution in [0.5, 0.6) is 0 Å². The van der Waals surface area contributed by atoms with Gasteiger partial charge in [0.25, 0.3) is 11.7 Å². The Labute approximate surface area is 193 Å². The zero-order chi connectivity index (χ0) is 23.5. The smallest absolute Gasteiger partial charge is 0.259 e. The fourth-order valence-electron chi connectivity index (χ4n) is 3.34. The summed E-state index contributed by atoms with van der Waals surface area (Å²) in [5.41, 5.74) is 14.6. The van der Waals surface area contributed by atoms with E-state index >= 15 is 0 Å². The van der Waals surface area contributed by atoms with E-state index in [1.165, 1.54) is 4.52 Å². The van der Waals surface area contributed by atoms with Gasteiger partial charge >= 0.3 is 0 Å². The van der Waals surface area contributed by atoms with Crippen LogP contribution >= 0.6 is 0 Å². The summed E-state index contributed by atoms with van der Waals surface area (Å²) in [7, 11) is 0. The summed E-state index contributed by atoms with van der Waals surface area (Å²) in [6, 6.07) is 18.0. The van der Waals surface area contributed by atoms with Crippen molar-refractivity contribution in [1.82, 2.24) is 24.6 Å². The lowest BCUT2D eigenvalue weighted by Crippen LogP contribution is -2.13. The molecule has 0 atom stereocenters. The van der Waals surface area contributed by atoms with Crippen LogP contribution in [0.15, 0.2) is 71.3 Å². The van der Waals surface area contributed by atoms with E-state index in [-0.39, 0.29) is 11.9 Å². The lowest BCUT2D eigenvalue weighted by molar-refractivity contribution is 0.102. The molecule has 0 unspecified atom stereocenters. The van der Waals surface area contributed by atoms with Gasteiger partial charge in [0.15, 0.2) is 5.76 Å². The summed E-state index contributed by atoms with van der Waals surface area (Å²) in [6.45, 7) is 0.556. The number of carbonyl (C=O) groups is 1. The summed E-state index contributed by atoms with van der Waals surface area (Å²) in [5, 5.41) is 10.2. The second-order valence-electron chi connectivity index (χ2n) is 7.45. The van der Waals surface area contributed by atoms with Crippen LogP contribution in [0.4, 0.5) is 23.3 Å². The standard InChI is InChI=1S/C23H21N9O2/c24-16-4-1-2-5-17(16)27-20(33)15-9-7-14(8-10-15)11-12-26-22-29-21(25)32-23(30-22)28-19(31-32)18-6-3-13-34-18/h1-10,13H,11-12,24H2,(H,27,33)(H3,25,26,28,29,30,31). The molecule has 0 aliphatic carbocycles. The van der Waals surface area contributed by atoms with Gasteiger partial charge in [0.1, 0.15) is 0 Å². The molecule has 170 valence electrons. The number of nitrogen functional groups attached to an aromatic ring is 2. The van der Waals surface area contributed by atoms with E-state index in [0.717, 1.165) is 5.56 Å². The summed E-state index contributed by atoms with van der Waals surface area (Å²) < 4.78 is 6.67. The average molecular weight is 455 g/mol. The zero-order valence-electron chi connectivity index (χ0n) is 18.0. The molecule has 3 aromatic heterocycles. The summed E-state index contributed by atoms with van der Waals surface area (Å²) in [4.78, 5) is 25.4. The Bertz CT molecular complexity index is 1440. The van der Waals surface area contributed by atoms with Gasteiger partial charge in [0, 0.05) is 12.1 Å². The summed E-state index contributed by atoms with van der Waals surface area (Å²) >= 11 is 0. The first-order chi connectivity index (χ1) is 16.6. The van der Waals surface area contributed by atoms with Gasteiger partial charge in [-0.15, -0.1) is 5.10 Å². The van der Waals surface area contributed by atoms with Crippen molar-refractivity contribution >= 4 is 35.0 Å². The predicted molar refractivity (Wildman–Crippen MR) is 128 cm³/mol. The first-order valence-corrected chi connectivity index (χ1v) is 10.5. The maximum absolute atomic E-state index is 12.5. The Morgan fingerprint density at radius 3 is 2.56 bits per heavy atom. The number of nitrogens with two attached hydrogens (primary N) is 2. The number of para-hydroxylation sites is 2. The van der Waals surface area contributed by atoms with Crippen molar-refractivity contribution in [3.8, 4) is 11.6 Å². The number of nitrogens with zero attached hydrogens (tertiary/aromatic N) is 5. The maximum atomic E-state index is 12.5. The minimum Gasteiger partial charge on any atom is -0.461 e. The number of rotatable bonds is 7. The number of benzene rings is 2. The molecule has 0 saturated heterocycles. The van der Waals surface area contributed by atoms with Crippen molar-refractivity contribution in [3.63, 3.8) is 0 Å². The lowest BCUT2D eigenvalue weighted by atomic mass is 10.1. The van der Waals surface area contributed by atoms with Gasteiger partial charge in [-0.25, -0.2) is 0 Å². The average Bonchev–Trinajstić information content (AvgIpc) is 3.51. The molecule has 0 spiro atoms. The van der Waals surface area contributed by atoms with Gasteiger partial charge < -0.3 is 26.5 Å². The number of amides is 1. The third kappa shape index (κ3) is 4.35. The fraction of sp³-hybridized carbons (Fsp3) is 0.0870. The Kier molecular flexibility index (Phi) is 5.48. The highest BCUT2D eigenvalue weighted by Gasteiger charge is 2.14. The minimum atomic E-state index is -0.220. The maximum Gasteiger partial charge on any atom is 0.259 e. The van der Waals surface area contributed by atoms with Crippen LogP contribution in [-0.2, 0) is 6.42 Å². The number of hydrogen-bond donors (Lipinski definition) is 4. The number of anilines is 4. The molecular weight excluding hydrogens is 434 g/mol. The predicted octanol–water partition coefficient (Wildman–Crippen LogP) is 2.85. The van der Waals surface area contributed by atoms with Crippen molar-refractivity contribution in [1.29, 1.82) is 0 Å². The molecule has 0 radical (unpaired) electrons. The van der Waals surface area contributed by atoms with Crippen LogP contribution in [0.1, 0.15) is 15.9 Å². The normalized spacial score (nSPS) is 10.9. The molecule has 11 heteroatoms. The van der Waals surface area contributed by atoms with E-state index in [9.17, 15) is 4.79 Å². The molecule has 0 aliphatic rings. The van der Waals surface area contributed by atoms with Crippen LogP contribution in [0.2, 0.25) is 0 Å². The fourth-order valence-corrected chi connectivity index (χ4v) is 3.34. The Morgan fingerprint density at radius 1 is 0.971 bits per heavy atom. The third-order valence-electron chi connectivity index (χ3n) is 5.10. The van der Waals surface area contributed by atoms with E-state index in [0.29, 0.717) is 53.2 Å². The van der Waals surface area contributed by atoms with E-state index < -0.39 is 0 Å². The highest BCUT2D eigenvalue weighted by Crippen LogP contribution is 2.19. The second-order valence-corrected chi connectivity index (χ2v) is 7.45.